The van der Waals surface area contributed by atoms with E-state index in [1.165, 1.54) is 0 Å². The van der Waals surface area contributed by atoms with Crippen molar-refractivity contribution in [2.45, 2.75) is 75.6 Å². The van der Waals surface area contributed by atoms with Crippen molar-refractivity contribution in [2.75, 3.05) is 13.2 Å². The number of ether oxygens (including phenoxy) is 1. The maximum Gasteiger partial charge on any atom is 0.310 e. The number of hydrogen-bond donors (Lipinski definition) is 2. The molecule has 2 amide bonds. The van der Waals surface area contributed by atoms with Gasteiger partial charge in [-0.2, -0.15) is 0 Å². The molecule has 3 rings (SSSR count). The lowest BCUT2D eigenvalue weighted by molar-refractivity contribution is -0.154. The van der Waals surface area contributed by atoms with Crippen LogP contribution in [0, 0.1) is 17.8 Å². The Kier molecular flexibility index (Phi) is 6.01. The summed E-state index contributed by atoms with van der Waals surface area (Å²) >= 11 is 1.62. The van der Waals surface area contributed by atoms with Crippen LogP contribution in [0.5, 0.6) is 0 Å². The van der Waals surface area contributed by atoms with Gasteiger partial charge in [0.15, 0.2) is 0 Å². The van der Waals surface area contributed by atoms with Gasteiger partial charge in [-0.25, -0.2) is 0 Å². The maximum atomic E-state index is 13.6. The third-order valence-electron chi connectivity index (χ3n) is 6.50. The van der Waals surface area contributed by atoms with E-state index in [-0.39, 0.29) is 48.2 Å². The lowest BCUT2D eigenvalue weighted by Crippen LogP contribution is -2.59. The fourth-order valence-corrected chi connectivity index (χ4v) is 7.83. The molecule has 2 bridgehead atoms. The molecule has 0 aromatic rings. The van der Waals surface area contributed by atoms with Crippen LogP contribution in [0.3, 0.4) is 0 Å². The van der Waals surface area contributed by atoms with Gasteiger partial charge < -0.3 is 20.1 Å². The molecule has 158 valence electrons. The Morgan fingerprint density at radius 3 is 2.61 bits per heavy atom. The van der Waals surface area contributed by atoms with Gasteiger partial charge in [0, 0.05) is 11.3 Å². The minimum atomic E-state index is -0.686. The minimum absolute atomic E-state index is 0.00583. The molecule has 7 atom stereocenters. The van der Waals surface area contributed by atoms with Crippen LogP contribution in [0.25, 0.3) is 0 Å². The number of aliphatic hydroxyl groups is 1. The van der Waals surface area contributed by atoms with Crippen LogP contribution in [-0.2, 0) is 19.1 Å². The normalized spacial score (nSPS) is 37.3. The first-order valence-electron chi connectivity index (χ1n) is 10.3. The summed E-state index contributed by atoms with van der Waals surface area (Å²) in [6, 6.07) is -1.19. The van der Waals surface area contributed by atoms with Crippen molar-refractivity contribution in [1.29, 1.82) is 0 Å². The Balaban J connectivity index is 2.09. The summed E-state index contributed by atoms with van der Waals surface area (Å²) < 4.78 is 4.65. The Labute approximate surface area is 170 Å². The zero-order valence-electron chi connectivity index (χ0n) is 17.3. The van der Waals surface area contributed by atoms with Gasteiger partial charge in [0.2, 0.25) is 11.8 Å². The minimum Gasteiger partial charge on any atom is -0.466 e. The number of aliphatic hydroxyl groups excluding tert-OH is 1. The number of thioether (sulfide) groups is 1. The van der Waals surface area contributed by atoms with E-state index in [4.69, 9.17) is 4.74 Å². The highest BCUT2D eigenvalue weighted by molar-refractivity contribution is 8.02. The number of esters is 1. The molecule has 7 nitrogen and oxygen atoms in total. The van der Waals surface area contributed by atoms with Gasteiger partial charge in [-0.05, 0) is 39.5 Å². The van der Waals surface area contributed by atoms with Crippen LogP contribution in [0.2, 0.25) is 0 Å². The lowest BCUT2D eigenvalue weighted by Gasteiger charge is -2.40. The molecular formula is C20H32N2O5S. The average molecular weight is 413 g/mol. The lowest BCUT2D eigenvalue weighted by atomic mass is 9.66. The van der Waals surface area contributed by atoms with Crippen molar-refractivity contribution in [3.8, 4) is 0 Å². The van der Waals surface area contributed by atoms with Crippen molar-refractivity contribution < 1.29 is 24.2 Å². The molecule has 3 unspecified atom stereocenters. The molecule has 28 heavy (non-hydrogen) atoms. The fraction of sp³-hybridized carbons (Fsp3) is 0.850. The largest absolute Gasteiger partial charge is 0.466 e. The molecule has 0 radical (unpaired) electrons. The number of carbonyl (C=O) groups excluding carboxylic acids is 3. The van der Waals surface area contributed by atoms with Crippen LogP contribution < -0.4 is 5.32 Å². The van der Waals surface area contributed by atoms with E-state index in [1.54, 1.807) is 23.6 Å². The number of fused-ring (bicyclic) bond motifs is 1. The first-order valence-corrected chi connectivity index (χ1v) is 11.2. The van der Waals surface area contributed by atoms with Crippen LogP contribution in [-0.4, -0.2) is 69.1 Å². The number of likely N-dealkylation sites (tertiary alicyclic amines) is 1. The van der Waals surface area contributed by atoms with E-state index in [0.717, 1.165) is 6.42 Å². The third-order valence-corrected chi connectivity index (χ3v) is 8.57. The number of amides is 2. The van der Waals surface area contributed by atoms with Gasteiger partial charge in [-0.3, -0.25) is 14.4 Å². The highest BCUT2D eigenvalue weighted by Crippen LogP contribution is 2.68. The molecule has 8 heteroatoms. The molecule has 2 N–H and O–H groups in total. The number of rotatable bonds is 7. The highest BCUT2D eigenvalue weighted by atomic mass is 32.2. The van der Waals surface area contributed by atoms with Crippen LogP contribution in [0.4, 0.5) is 0 Å². The first kappa shape index (κ1) is 21.4. The number of nitrogens with zero attached hydrogens (tertiary/aromatic N) is 1. The van der Waals surface area contributed by atoms with Gasteiger partial charge in [-0.15, -0.1) is 11.8 Å². The summed E-state index contributed by atoms with van der Waals surface area (Å²) in [4.78, 5) is 41.2. The van der Waals surface area contributed by atoms with Crippen LogP contribution in [0.1, 0.15) is 47.5 Å². The predicted octanol–water partition coefficient (Wildman–Crippen LogP) is 1.18. The Morgan fingerprint density at radius 1 is 1.39 bits per heavy atom. The molecule has 0 aliphatic carbocycles. The number of carbonyl (C=O) groups is 3. The fourth-order valence-electron chi connectivity index (χ4n) is 5.44. The molecule has 3 saturated heterocycles. The predicted molar refractivity (Wildman–Crippen MR) is 107 cm³/mol. The standard InChI is InChI=1S/C20H32N2O5S/c1-6-12(9-23)22-16(17(24)21-10(3)4)20-11(5)8-13(28-20)14(15(20)18(22)25)19(26)27-7-2/h10-16,23H,6-9H2,1-5H3,(H,21,24)/t11?,12-,13-,14+,15-,16?,20?/m0/s1. The summed E-state index contributed by atoms with van der Waals surface area (Å²) in [5, 5.41) is 12.9. The monoisotopic (exact) mass is 412 g/mol. The summed E-state index contributed by atoms with van der Waals surface area (Å²) in [5.41, 5.74) is 0. The van der Waals surface area contributed by atoms with Gasteiger partial charge in [-0.1, -0.05) is 13.8 Å². The van der Waals surface area contributed by atoms with E-state index < -0.39 is 28.7 Å². The third kappa shape index (κ3) is 2.95. The second kappa shape index (κ2) is 7.86. The second-order valence-electron chi connectivity index (χ2n) is 8.46. The highest BCUT2D eigenvalue weighted by Gasteiger charge is 2.76. The van der Waals surface area contributed by atoms with Crippen molar-refractivity contribution >= 4 is 29.5 Å². The van der Waals surface area contributed by atoms with Crippen LogP contribution >= 0.6 is 11.8 Å². The average Bonchev–Trinajstić information content (AvgIpc) is 3.20. The Hall–Kier alpha value is -1.28. The van der Waals surface area contributed by atoms with Gasteiger partial charge >= 0.3 is 5.97 Å². The number of hydrogen-bond acceptors (Lipinski definition) is 6. The Bertz CT molecular complexity index is 653. The zero-order chi connectivity index (χ0) is 20.8. The summed E-state index contributed by atoms with van der Waals surface area (Å²) in [7, 11) is 0. The summed E-state index contributed by atoms with van der Waals surface area (Å²) in [5.74, 6) is -1.70. The van der Waals surface area contributed by atoms with E-state index >= 15 is 0 Å². The van der Waals surface area contributed by atoms with Gasteiger partial charge in [0.05, 0.1) is 35.8 Å². The topological polar surface area (TPSA) is 95.9 Å². The molecule has 0 aromatic heterocycles. The van der Waals surface area contributed by atoms with Crippen LogP contribution in [0.15, 0.2) is 0 Å². The molecule has 1 spiro atoms. The van der Waals surface area contributed by atoms with E-state index in [1.807, 2.05) is 20.8 Å². The van der Waals surface area contributed by atoms with Gasteiger partial charge in [0.1, 0.15) is 6.04 Å². The second-order valence-corrected chi connectivity index (χ2v) is 10.0. The first-order chi connectivity index (χ1) is 13.2. The maximum absolute atomic E-state index is 13.6. The molecule has 0 saturated carbocycles. The zero-order valence-corrected chi connectivity index (χ0v) is 18.1. The molecular weight excluding hydrogens is 380 g/mol. The smallest absolute Gasteiger partial charge is 0.310 e. The molecule has 3 heterocycles. The molecule has 0 aromatic carbocycles. The number of nitrogens with one attached hydrogen (secondary N) is 1. The Morgan fingerprint density at radius 2 is 2.07 bits per heavy atom. The SMILES string of the molecule is CCOC(=O)[C@@H]1[C@@H]2CC(C)C3(S2)C(C(=O)NC(C)C)N([C@@H](CC)CO)C(=O)[C@H]13. The summed E-state index contributed by atoms with van der Waals surface area (Å²) in [6.45, 7) is 9.58. The van der Waals surface area contributed by atoms with Gasteiger partial charge in [0.25, 0.3) is 0 Å². The summed E-state index contributed by atoms with van der Waals surface area (Å²) in [6.07, 6.45) is 1.33. The molecule has 3 aliphatic heterocycles. The van der Waals surface area contributed by atoms with Crippen molar-refractivity contribution in [2.24, 2.45) is 17.8 Å². The van der Waals surface area contributed by atoms with Crippen molar-refractivity contribution in [3.05, 3.63) is 0 Å². The van der Waals surface area contributed by atoms with E-state index in [0.29, 0.717) is 6.42 Å². The molecule has 3 fully saturated rings. The van der Waals surface area contributed by atoms with E-state index in [2.05, 4.69) is 12.2 Å². The van der Waals surface area contributed by atoms with Crippen molar-refractivity contribution in [1.82, 2.24) is 10.2 Å². The van der Waals surface area contributed by atoms with E-state index in [9.17, 15) is 19.5 Å². The molecule has 3 aliphatic rings. The quantitative estimate of drug-likeness (QED) is 0.610. The van der Waals surface area contributed by atoms with Crippen molar-refractivity contribution in [3.63, 3.8) is 0 Å².